The maximum atomic E-state index is 2.43. The summed E-state index contributed by atoms with van der Waals surface area (Å²) in [6.45, 7) is 4.70. The van der Waals surface area contributed by atoms with E-state index in [4.69, 9.17) is 0 Å². The lowest BCUT2D eigenvalue weighted by atomic mass is 9.81. The van der Waals surface area contributed by atoms with Gasteiger partial charge in [0, 0.05) is 39.1 Å². The molecule has 6 aromatic carbocycles. The molecule has 9 rings (SSSR count). The van der Waals surface area contributed by atoms with Gasteiger partial charge in [-0.05, 0) is 88.0 Å². The summed E-state index contributed by atoms with van der Waals surface area (Å²) in [5, 5.41) is 3.84. The molecule has 0 N–H and O–H groups in total. The smallest absolute Gasteiger partial charge is 0.0548 e. The van der Waals surface area contributed by atoms with Gasteiger partial charge in [0.2, 0.25) is 0 Å². The van der Waals surface area contributed by atoms with Crippen molar-refractivity contribution in [2.45, 2.75) is 19.3 Å². The number of benzene rings is 6. The van der Waals surface area contributed by atoms with E-state index in [1.54, 1.807) is 0 Å². The predicted molar refractivity (Wildman–Crippen MR) is 181 cm³/mol. The second-order valence-corrected chi connectivity index (χ2v) is 12.2. The first kappa shape index (κ1) is 24.3. The van der Waals surface area contributed by atoms with Crippen molar-refractivity contribution in [1.82, 2.24) is 9.13 Å². The molecule has 0 radical (unpaired) electrons. The molecule has 0 spiro atoms. The Kier molecular flexibility index (Phi) is 4.99. The number of hydrogen-bond donors (Lipinski definition) is 0. The van der Waals surface area contributed by atoms with Gasteiger partial charge in [0.15, 0.2) is 0 Å². The van der Waals surface area contributed by atoms with Crippen molar-refractivity contribution in [3.63, 3.8) is 0 Å². The van der Waals surface area contributed by atoms with Gasteiger partial charge in [-0.25, -0.2) is 0 Å². The standard InChI is InChI=1S/C41H30N2/c1-41(2)35-17-8-6-15-31(35)32-20-19-28(26-36(32)41)27-11-10-14-30(25-27)43-38-18-9-7-16-33(38)40-34-23-24-42(29-12-4-3-5-13-29)37(34)21-22-39(40)43/h3-26H,1-2H3. The lowest BCUT2D eigenvalue weighted by molar-refractivity contribution is 0.660. The second-order valence-electron chi connectivity index (χ2n) is 12.2. The highest BCUT2D eigenvalue weighted by atomic mass is 15.0. The third-order valence-electron chi connectivity index (χ3n) is 9.56. The predicted octanol–water partition coefficient (Wildman–Crippen LogP) is 10.7. The van der Waals surface area contributed by atoms with Crippen LogP contribution in [0.25, 0.3) is 66.3 Å². The molecular formula is C41H30N2. The summed E-state index contributed by atoms with van der Waals surface area (Å²) in [7, 11) is 0. The van der Waals surface area contributed by atoms with Crippen LogP contribution in [0.5, 0.6) is 0 Å². The molecule has 204 valence electrons. The van der Waals surface area contributed by atoms with Gasteiger partial charge in [0.1, 0.15) is 0 Å². The van der Waals surface area contributed by atoms with E-state index in [0.29, 0.717) is 0 Å². The number of fused-ring (bicyclic) bond motifs is 8. The second kappa shape index (κ2) is 8.83. The van der Waals surface area contributed by atoms with E-state index in [0.717, 1.165) is 0 Å². The Bertz CT molecular complexity index is 2370. The van der Waals surface area contributed by atoms with E-state index in [2.05, 4.69) is 169 Å². The van der Waals surface area contributed by atoms with Gasteiger partial charge in [-0.3, -0.25) is 0 Å². The van der Waals surface area contributed by atoms with Crippen LogP contribution in [0.3, 0.4) is 0 Å². The highest BCUT2D eigenvalue weighted by Gasteiger charge is 2.35. The number of hydrogen-bond acceptors (Lipinski definition) is 0. The van der Waals surface area contributed by atoms with Gasteiger partial charge in [-0.2, -0.15) is 0 Å². The number of nitrogens with zero attached hydrogens (tertiary/aromatic N) is 2. The molecule has 1 aliphatic rings. The average molecular weight is 551 g/mol. The third kappa shape index (κ3) is 3.41. The Balaban J connectivity index is 1.23. The quantitative estimate of drug-likeness (QED) is 0.207. The average Bonchev–Trinajstić information content (AvgIpc) is 3.70. The van der Waals surface area contributed by atoms with Crippen molar-refractivity contribution in [2.24, 2.45) is 0 Å². The molecule has 43 heavy (non-hydrogen) atoms. The molecule has 0 bridgehead atoms. The third-order valence-corrected chi connectivity index (χ3v) is 9.56. The van der Waals surface area contributed by atoms with Crippen LogP contribution in [0.4, 0.5) is 0 Å². The van der Waals surface area contributed by atoms with Crippen molar-refractivity contribution in [2.75, 3.05) is 0 Å². The zero-order valence-corrected chi connectivity index (χ0v) is 24.3. The van der Waals surface area contributed by atoms with Crippen molar-refractivity contribution >= 4 is 32.7 Å². The van der Waals surface area contributed by atoms with Crippen molar-refractivity contribution in [3.8, 4) is 33.6 Å². The van der Waals surface area contributed by atoms with E-state index in [-0.39, 0.29) is 5.41 Å². The summed E-state index contributed by atoms with van der Waals surface area (Å²) < 4.78 is 4.72. The van der Waals surface area contributed by atoms with E-state index < -0.39 is 0 Å². The van der Waals surface area contributed by atoms with Crippen LogP contribution in [-0.4, -0.2) is 9.13 Å². The number of rotatable bonds is 3. The van der Waals surface area contributed by atoms with Crippen molar-refractivity contribution in [3.05, 3.63) is 157 Å². The van der Waals surface area contributed by atoms with E-state index in [9.17, 15) is 0 Å². The zero-order valence-electron chi connectivity index (χ0n) is 24.3. The van der Waals surface area contributed by atoms with Crippen LogP contribution in [0, 0.1) is 0 Å². The molecule has 0 saturated heterocycles. The van der Waals surface area contributed by atoms with Crippen LogP contribution in [0.2, 0.25) is 0 Å². The van der Waals surface area contributed by atoms with Crippen molar-refractivity contribution in [1.29, 1.82) is 0 Å². The fraction of sp³-hybridized carbons (Fsp3) is 0.0732. The van der Waals surface area contributed by atoms with Gasteiger partial charge in [-0.1, -0.05) is 98.8 Å². The van der Waals surface area contributed by atoms with Gasteiger partial charge in [0.25, 0.3) is 0 Å². The fourth-order valence-corrected chi connectivity index (χ4v) is 7.48. The first-order valence-corrected chi connectivity index (χ1v) is 15.0. The molecule has 0 atom stereocenters. The fourth-order valence-electron chi connectivity index (χ4n) is 7.48. The summed E-state index contributed by atoms with van der Waals surface area (Å²) >= 11 is 0. The van der Waals surface area contributed by atoms with Crippen LogP contribution in [0.1, 0.15) is 25.0 Å². The van der Waals surface area contributed by atoms with Crippen LogP contribution >= 0.6 is 0 Å². The van der Waals surface area contributed by atoms with E-state index in [1.807, 2.05) is 0 Å². The Morgan fingerprint density at radius 2 is 1.16 bits per heavy atom. The largest absolute Gasteiger partial charge is 0.317 e. The Hall–Kier alpha value is -5.34. The van der Waals surface area contributed by atoms with Crippen LogP contribution in [-0.2, 0) is 5.41 Å². The molecule has 1 aliphatic carbocycles. The van der Waals surface area contributed by atoms with Gasteiger partial charge >= 0.3 is 0 Å². The molecule has 2 aromatic heterocycles. The van der Waals surface area contributed by atoms with Crippen LogP contribution < -0.4 is 0 Å². The molecule has 2 nitrogen and oxygen atoms in total. The summed E-state index contributed by atoms with van der Waals surface area (Å²) in [5.74, 6) is 0. The first-order chi connectivity index (χ1) is 21.1. The number of aromatic nitrogens is 2. The van der Waals surface area contributed by atoms with Crippen molar-refractivity contribution < 1.29 is 0 Å². The normalized spacial score (nSPS) is 13.5. The molecule has 8 aromatic rings. The minimum absolute atomic E-state index is 0.0199. The SMILES string of the molecule is CC1(C)c2ccccc2-c2ccc(-c3cccc(-n4c5ccccc5c5c6ccn(-c7ccccc7)c6ccc54)c3)cc21. The summed E-state index contributed by atoms with van der Waals surface area (Å²) in [4.78, 5) is 0. The molecule has 0 amide bonds. The molecule has 0 saturated carbocycles. The summed E-state index contributed by atoms with van der Waals surface area (Å²) in [6.07, 6.45) is 2.19. The lowest BCUT2D eigenvalue weighted by Crippen LogP contribution is -2.14. The molecular weight excluding hydrogens is 520 g/mol. The maximum absolute atomic E-state index is 2.43. The Morgan fingerprint density at radius 3 is 2.07 bits per heavy atom. The molecule has 2 heteroatoms. The molecule has 0 fully saturated rings. The molecule has 0 aliphatic heterocycles. The van der Waals surface area contributed by atoms with Gasteiger partial charge in [0.05, 0.1) is 16.6 Å². The highest BCUT2D eigenvalue weighted by Crippen LogP contribution is 2.49. The first-order valence-electron chi connectivity index (χ1n) is 15.0. The van der Waals surface area contributed by atoms with E-state index in [1.165, 1.54) is 77.5 Å². The lowest BCUT2D eigenvalue weighted by Gasteiger charge is -2.22. The summed E-state index contributed by atoms with van der Waals surface area (Å²) in [5.41, 5.74) is 14.0. The molecule has 2 heterocycles. The number of para-hydroxylation sites is 2. The topological polar surface area (TPSA) is 9.86 Å². The Morgan fingerprint density at radius 1 is 0.465 bits per heavy atom. The zero-order chi connectivity index (χ0) is 28.7. The maximum Gasteiger partial charge on any atom is 0.0548 e. The minimum Gasteiger partial charge on any atom is -0.317 e. The van der Waals surface area contributed by atoms with Crippen LogP contribution in [0.15, 0.2) is 146 Å². The highest BCUT2D eigenvalue weighted by molar-refractivity contribution is 6.21. The van der Waals surface area contributed by atoms with Gasteiger partial charge < -0.3 is 9.13 Å². The molecule has 0 unspecified atom stereocenters. The van der Waals surface area contributed by atoms with Gasteiger partial charge in [-0.15, -0.1) is 0 Å². The van der Waals surface area contributed by atoms with E-state index >= 15 is 0 Å². The Labute approximate surface area is 251 Å². The summed E-state index contributed by atoms with van der Waals surface area (Å²) in [6, 6.07) is 51.1. The monoisotopic (exact) mass is 550 g/mol. The minimum atomic E-state index is -0.0199.